The molecule has 0 bridgehead atoms. The molecule has 0 heterocycles. The molecule has 5 heteroatoms. The van der Waals surface area contributed by atoms with Crippen LogP contribution in [0.15, 0.2) is 35.2 Å². The van der Waals surface area contributed by atoms with E-state index >= 15 is 0 Å². The monoisotopic (exact) mass is 210 g/mol. The molecule has 0 spiro atoms. The molecule has 0 fully saturated rings. The average molecular weight is 210 g/mol. The van der Waals surface area contributed by atoms with Gasteiger partial charge < -0.3 is 0 Å². The molecule has 12 heavy (non-hydrogen) atoms. The predicted molar refractivity (Wildman–Crippen MR) is 45.9 cm³/mol. The van der Waals surface area contributed by atoms with Gasteiger partial charge in [0.05, 0.1) is 0 Å². The number of hydrogen-bond donors (Lipinski definition) is 0. The Morgan fingerprint density at radius 2 is 1.58 bits per heavy atom. The molecule has 1 aromatic carbocycles. The number of benzene rings is 1. The van der Waals surface area contributed by atoms with Crippen molar-refractivity contribution in [2.24, 2.45) is 0 Å². The molecule has 0 atom stereocenters. The minimum atomic E-state index is -4.17. The third kappa shape index (κ3) is 3.92. The van der Waals surface area contributed by atoms with Crippen LogP contribution in [-0.4, -0.2) is 5.51 Å². The van der Waals surface area contributed by atoms with Gasteiger partial charge in [0.1, 0.15) is 0 Å². The highest BCUT2D eigenvalue weighted by Gasteiger charge is 2.28. The van der Waals surface area contributed by atoms with E-state index in [-0.39, 0.29) is 10.8 Å². The Labute approximate surface area is 75.9 Å². The lowest BCUT2D eigenvalue weighted by atomic mass is 10.4. The second kappa shape index (κ2) is 4.09. The molecule has 0 saturated heterocycles. The SMILES string of the molecule is FC(F)(F)SSc1ccccc1. The molecular weight excluding hydrogens is 205 g/mol. The van der Waals surface area contributed by atoms with E-state index < -0.39 is 5.51 Å². The third-order valence-electron chi connectivity index (χ3n) is 0.976. The van der Waals surface area contributed by atoms with Gasteiger partial charge in [0.2, 0.25) is 0 Å². The molecule has 0 N–H and O–H groups in total. The van der Waals surface area contributed by atoms with Crippen molar-refractivity contribution in [1.82, 2.24) is 0 Å². The van der Waals surface area contributed by atoms with Crippen LogP contribution >= 0.6 is 21.6 Å². The van der Waals surface area contributed by atoms with Gasteiger partial charge in [-0.2, -0.15) is 13.2 Å². The lowest BCUT2D eigenvalue weighted by Crippen LogP contribution is -1.95. The normalized spacial score (nSPS) is 11.6. The van der Waals surface area contributed by atoms with Crippen molar-refractivity contribution in [2.75, 3.05) is 0 Å². The summed E-state index contributed by atoms with van der Waals surface area (Å²) < 4.78 is 35.1. The molecule has 0 unspecified atom stereocenters. The van der Waals surface area contributed by atoms with E-state index in [1.807, 2.05) is 0 Å². The quantitative estimate of drug-likeness (QED) is 0.678. The van der Waals surface area contributed by atoms with Crippen LogP contribution in [0.5, 0.6) is 0 Å². The second-order valence-corrected chi connectivity index (χ2v) is 4.19. The summed E-state index contributed by atoms with van der Waals surface area (Å²) in [5.41, 5.74) is -4.17. The Morgan fingerprint density at radius 3 is 2.08 bits per heavy atom. The van der Waals surface area contributed by atoms with Crippen LogP contribution in [-0.2, 0) is 0 Å². The minimum absolute atomic E-state index is 0.0967. The zero-order valence-electron chi connectivity index (χ0n) is 5.84. The summed E-state index contributed by atoms with van der Waals surface area (Å²) in [4.78, 5) is 0.611. The van der Waals surface area contributed by atoms with E-state index in [9.17, 15) is 13.2 Å². The van der Waals surface area contributed by atoms with E-state index in [1.54, 1.807) is 30.3 Å². The zero-order valence-corrected chi connectivity index (χ0v) is 7.47. The molecule has 0 amide bonds. The molecule has 0 aliphatic carbocycles. The molecular formula is C7H5F3S2. The van der Waals surface area contributed by atoms with Gasteiger partial charge in [0, 0.05) is 15.7 Å². The summed E-state index contributed by atoms with van der Waals surface area (Å²) in [5.74, 6) is 0. The van der Waals surface area contributed by atoms with Crippen molar-refractivity contribution < 1.29 is 13.2 Å². The maximum atomic E-state index is 11.7. The molecule has 0 aliphatic rings. The zero-order chi connectivity index (χ0) is 9.03. The fourth-order valence-corrected chi connectivity index (χ4v) is 1.94. The predicted octanol–water partition coefficient (Wildman–Crippen LogP) is 3.95. The van der Waals surface area contributed by atoms with Crippen molar-refractivity contribution in [3.63, 3.8) is 0 Å². The van der Waals surface area contributed by atoms with Crippen molar-refractivity contribution in [3.8, 4) is 0 Å². The summed E-state index contributed by atoms with van der Waals surface area (Å²) in [6.07, 6.45) is 0. The molecule has 0 saturated carbocycles. The smallest absolute Gasteiger partial charge is 0.160 e. The highest BCUT2D eigenvalue weighted by molar-refractivity contribution is 8.77. The van der Waals surface area contributed by atoms with E-state index in [2.05, 4.69) is 0 Å². The first kappa shape index (κ1) is 9.80. The van der Waals surface area contributed by atoms with Crippen molar-refractivity contribution in [3.05, 3.63) is 30.3 Å². The Bertz CT molecular complexity index is 232. The van der Waals surface area contributed by atoms with Crippen LogP contribution in [0.2, 0.25) is 0 Å². The topological polar surface area (TPSA) is 0 Å². The van der Waals surface area contributed by atoms with Crippen LogP contribution in [0.4, 0.5) is 13.2 Å². The maximum Gasteiger partial charge on any atom is 0.452 e. The van der Waals surface area contributed by atoms with Gasteiger partial charge in [-0.05, 0) is 22.9 Å². The molecule has 0 radical (unpaired) electrons. The van der Waals surface area contributed by atoms with E-state index in [0.717, 1.165) is 10.8 Å². The average Bonchev–Trinajstić information content (AvgIpc) is 2.02. The first-order chi connectivity index (χ1) is 5.58. The van der Waals surface area contributed by atoms with Gasteiger partial charge in [-0.1, -0.05) is 18.2 Å². The van der Waals surface area contributed by atoms with Crippen LogP contribution < -0.4 is 0 Å². The van der Waals surface area contributed by atoms with Gasteiger partial charge in [-0.15, -0.1) is 0 Å². The summed E-state index contributed by atoms with van der Waals surface area (Å²) >= 11 is 0. The third-order valence-corrected chi connectivity index (χ3v) is 3.11. The van der Waals surface area contributed by atoms with Crippen LogP contribution in [0, 0.1) is 0 Å². The lowest BCUT2D eigenvalue weighted by molar-refractivity contribution is -0.0311. The largest absolute Gasteiger partial charge is 0.452 e. The molecule has 0 nitrogen and oxygen atoms in total. The van der Waals surface area contributed by atoms with Crippen LogP contribution in [0.1, 0.15) is 0 Å². The highest BCUT2D eigenvalue weighted by atomic mass is 33.1. The van der Waals surface area contributed by atoms with Crippen LogP contribution in [0.3, 0.4) is 0 Å². The Balaban J connectivity index is 2.44. The number of halogens is 3. The highest BCUT2D eigenvalue weighted by Crippen LogP contribution is 2.43. The molecule has 66 valence electrons. The fraction of sp³-hybridized carbons (Fsp3) is 0.143. The fourth-order valence-electron chi connectivity index (χ4n) is 0.571. The van der Waals surface area contributed by atoms with Gasteiger partial charge in [-0.3, -0.25) is 0 Å². The summed E-state index contributed by atoms with van der Waals surface area (Å²) in [6, 6.07) is 8.47. The van der Waals surface area contributed by atoms with Crippen molar-refractivity contribution >= 4 is 21.6 Å². The van der Waals surface area contributed by atoms with Crippen LogP contribution in [0.25, 0.3) is 0 Å². The van der Waals surface area contributed by atoms with Crippen molar-refractivity contribution in [2.45, 2.75) is 10.4 Å². The van der Waals surface area contributed by atoms with Gasteiger partial charge in [-0.25, -0.2) is 0 Å². The van der Waals surface area contributed by atoms with Gasteiger partial charge in [0.25, 0.3) is 0 Å². The van der Waals surface area contributed by atoms with E-state index in [1.165, 1.54) is 0 Å². The molecule has 1 rings (SSSR count). The first-order valence-electron chi connectivity index (χ1n) is 3.05. The number of rotatable bonds is 2. The summed E-state index contributed by atoms with van der Waals surface area (Å²) in [6.45, 7) is 0. The Morgan fingerprint density at radius 1 is 1.00 bits per heavy atom. The standard InChI is InChI=1S/C7H5F3S2/c8-7(9,10)12-11-6-4-2-1-3-5-6/h1-5H. The molecule has 0 aromatic heterocycles. The van der Waals surface area contributed by atoms with Gasteiger partial charge in [0.15, 0.2) is 0 Å². The lowest BCUT2D eigenvalue weighted by Gasteiger charge is -2.03. The minimum Gasteiger partial charge on any atom is -0.160 e. The summed E-state index contributed by atoms with van der Waals surface area (Å²) in [5, 5.41) is 0. The second-order valence-electron chi connectivity index (χ2n) is 1.93. The van der Waals surface area contributed by atoms with Crippen molar-refractivity contribution in [1.29, 1.82) is 0 Å². The molecule has 1 aromatic rings. The maximum absolute atomic E-state index is 11.7. The number of hydrogen-bond acceptors (Lipinski definition) is 2. The Hall–Kier alpha value is -0.290. The van der Waals surface area contributed by atoms with E-state index in [0.29, 0.717) is 4.90 Å². The van der Waals surface area contributed by atoms with Gasteiger partial charge >= 0.3 is 5.51 Å². The molecule has 0 aliphatic heterocycles. The van der Waals surface area contributed by atoms with E-state index in [4.69, 9.17) is 0 Å². The Kier molecular flexibility index (Phi) is 3.34. The summed E-state index contributed by atoms with van der Waals surface area (Å²) in [7, 11) is 0.622. The first-order valence-corrected chi connectivity index (χ1v) is 5.20. The number of alkyl halides is 3.